The van der Waals surface area contributed by atoms with Crippen LogP contribution in [0.25, 0.3) is 0 Å². The molecule has 148 valence electrons. The smallest absolute Gasteiger partial charge is 0.230 e. The first-order valence-corrected chi connectivity index (χ1v) is 10.4. The molecule has 2 atom stereocenters. The van der Waals surface area contributed by atoms with E-state index < -0.39 is 0 Å². The van der Waals surface area contributed by atoms with E-state index in [2.05, 4.69) is 0 Å². The molecule has 1 fully saturated rings. The van der Waals surface area contributed by atoms with E-state index in [4.69, 9.17) is 0 Å². The van der Waals surface area contributed by atoms with Gasteiger partial charge in [0.1, 0.15) is 0 Å². The Morgan fingerprint density at radius 1 is 0.750 bits per heavy atom. The van der Waals surface area contributed by atoms with Crippen molar-refractivity contribution in [3.05, 3.63) is 60.7 Å². The van der Waals surface area contributed by atoms with E-state index in [1.807, 2.05) is 84.3 Å². The van der Waals surface area contributed by atoms with Crippen molar-refractivity contribution in [2.75, 3.05) is 22.9 Å². The van der Waals surface area contributed by atoms with Gasteiger partial charge < -0.3 is 9.80 Å². The lowest BCUT2D eigenvalue weighted by Gasteiger charge is -2.34. The highest BCUT2D eigenvalue weighted by Crippen LogP contribution is 2.33. The molecule has 4 heteroatoms. The van der Waals surface area contributed by atoms with Crippen LogP contribution in [0.15, 0.2) is 60.7 Å². The van der Waals surface area contributed by atoms with Crippen molar-refractivity contribution in [2.24, 2.45) is 11.8 Å². The van der Waals surface area contributed by atoms with Gasteiger partial charge in [0.05, 0.1) is 0 Å². The molecule has 0 bridgehead atoms. The number of rotatable bonds is 6. The first-order valence-electron chi connectivity index (χ1n) is 10.4. The second kappa shape index (κ2) is 9.54. The summed E-state index contributed by atoms with van der Waals surface area (Å²) in [7, 11) is 0. The van der Waals surface area contributed by atoms with Gasteiger partial charge in [0.2, 0.25) is 11.8 Å². The molecular formula is C24H30N2O2. The lowest BCUT2D eigenvalue weighted by Crippen LogP contribution is -2.42. The van der Waals surface area contributed by atoms with Crippen molar-refractivity contribution in [3.63, 3.8) is 0 Å². The van der Waals surface area contributed by atoms with E-state index in [0.29, 0.717) is 19.5 Å². The number of hydrogen-bond acceptors (Lipinski definition) is 2. The number of nitrogens with zero attached hydrogens (tertiary/aromatic N) is 2. The van der Waals surface area contributed by atoms with Crippen LogP contribution in [0, 0.1) is 11.8 Å². The lowest BCUT2D eigenvalue weighted by molar-refractivity contribution is -0.127. The number of hydrogen-bond donors (Lipinski definition) is 0. The summed E-state index contributed by atoms with van der Waals surface area (Å²) in [4.78, 5) is 30.1. The molecule has 2 aromatic rings. The van der Waals surface area contributed by atoms with E-state index in [1.165, 1.54) is 0 Å². The van der Waals surface area contributed by atoms with Crippen LogP contribution < -0.4 is 9.80 Å². The quantitative estimate of drug-likeness (QED) is 0.717. The Labute approximate surface area is 168 Å². The summed E-state index contributed by atoms with van der Waals surface area (Å²) < 4.78 is 0. The van der Waals surface area contributed by atoms with Crippen LogP contribution in [0.3, 0.4) is 0 Å². The highest BCUT2D eigenvalue weighted by atomic mass is 16.2. The van der Waals surface area contributed by atoms with Crippen molar-refractivity contribution < 1.29 is 9.59 Å². The van der Waals surface area contributed by atoms with Gasteiger partial charge in [-0.25, -0.2) is 0 Å². The van der Waals surface area contributed by atoms with E-state index in [0.717, 1.165) is 30.6 Å². The molecule has 0 spiro atoms. The largest absolute Gasteiger partial charge is 0.312 e. The molecule has 0 saturated heterocycles. The average molecular weight is 379 g/mol. The zero-order valence-electron chi connectivity index (χ0n) is 16.9. The molecule has 4 nitrogen and oxygen atoms in total. The summed E-state index contributed by atoms with van der Waals surface area (Å²) in [6.07, 6.45) is 3.29. The highest BCUT2D eigenvalue weighted by molar-refractivity contribution is 5.97. The summed E-state index contributed by atoms with van der Waals surface area (Å²) >= 11 is 0. The molecule has 2 unspecified atom stereocenters. The second-order valence-electron chi connectivity index (χ2n) is 7.40. The minimum absolute atomic E-state index is 0.0858. The third kappa shape index (κ3) is 4.44. The number of carbonyl (C=O) groups excluding carboxylic acids is 2. The van der Waals surface area contributed by atoms with Crippen LogP contribution in [-0.4, -0.2) is 24.9 Å². The Morgan fingerprint density at radius 3 is 1.50 bits per heavy atom. The van der Waals surface area contributed by atoms with E-state index in [-0.39, 0.29) is 23.7 Å². The van der Waals surface area contributed by atoms with Crippen molar-refractivity contribution in [1.29, 1.82) is 0 Å². The van der Waals surface area contributed by atoms with Gasteiger partial charge >= 0.3 is 0 Å². The molecule has 3 rings (SSSR count). The normalized spacial score (nSPS) is 19.1. The van der Waals surface area contributed by atoms with Gasteiger partial charge in [-0.15, -0.1) is 0 Å². The predicted molar refractivity (Wildman–Crippen MR) is 114 cm³/mol. The maximum atomic E-state index is 13.2. The third-order valence-electron chi connectivity index (χ3n) is 5.67. The number of anilines is 2. The van der Waals surface area contributed by atoms with Gasteiger partial charge in [0.25, 0.3) is 0 Å². The average Bonchev–Trinajstić information content (AvgIpc) is 2.76. The molecule has 2 aromatic carbocycles. The Morgan fingerprint density at radius 2 is 1.14 bits per heavy atom. The van der Waals surface area contributed by atoms with E-state index in [1.54, 1.807) is 0 Å². The Kier molecular flexibility index (Phi) is 6.85. The maximum Gasteiger partial charge on any atom is 0.230 e. The van der Waals surface area contributed by atoms with Crippen molar-refractivity contribution in [3.8, 4) is 0 Å². The highest BCUT2D eigenvalue weighted by Gasteiger charge is 2.35. The minimum atomic E-state index is -0.0858. The minimum Gasteiger partial charge on any atom is -0.312 e. The van der Waals surface area contributed by atoms with Crippen LogP contribution >= 0.6 is 0 Å². The zero-order chi connectivity index (χ0) is 19.9. The predicted octanol–water partition coefficient (Wildman–Crippen LogP) is 4.90. The van der Waals surface area contributed by atoms with Crippen LogP contribution in [0.5, 0.6) is 0 Å². The molecule has 0 aliphatic heterocycles. The zero-order valence-corrected chi connectivity index (χ0v) is 16.9. The number of benzene rings is 2. The van der Waals surface area contributed by atoms with Gasteiger partial charge in [0, 0.05) is 36.3 Å². The molecule has 0 aromatic heterocycles. The van der Waals surface area contributed by atoms with Crippen LogP contribution in [0.1, 0.15) is 39.5 Å². The van der Waals surface area contributed by atoms with Gasteiger partial charge in [-0.2, -0.15) is 0 Å². The molecule has 1 aliphatic carbocycles. The number of carbonyl (C=O) groups is 2. The third-order valence-corrected chi connectivity index (χ3v) is 5.67. The summed E-state index contributed by atoms with van der Waals surface area (Å²) in [6.45, 7) is 5.29. The molecule has 1 aliphatic rings. The molecule has 0 N–H and O–H groups in total. The summed E-state index contributed by atoms with van der Waals surface area (Å²) in [5.74, 6) is 0.123. The van der Waals surface area contributed by atoms with Gasteiger partial charge in [-0.05, 0) is 57.4 Å². The Hall–Kier alpha value is -2.62. The van der Waals surface area contributed by atoms with Crippen molar-refractivity contribution in [1.82, 2.24) is 0 Å². The topological polar surface area (TPSA) is 40.6 Å². The maximum absolute atomic E-state index is 13.2. The van der Waals surface area contributed by atoms with E-state index >= 15 is 0 Å². The molecular weight excluding hydrogens is 348 g/mol. The summed E-state index contributed by atoms with van der Waals surface area (Å²) in [5.41, 5.74) is 1.87. The molecule has 0 radical (unpaired) electrons. The first kappa shape index (κ1) is 20.1. The SMILES string of the molecule is CCN(C(=O)C1CCCC(C(=O)N(CC)c2ccccc2)C1)c1ccccc1. The standard InChI is InChI=1S/C24H30N2O2/c1-3-25(21-14-7-5-8-15-21)23(27)19-12-11-13-20(18-19)24(28)26(4-2)22-16-9-6-10-17-22/h5-10,14-17,19-20H,3-4,11-13,18H2,1-2H3. The van der Waals surface area contributed by atoms with Gasteiger partial charge in [0.15, 0.2) is 0 Å². The van der Waals surface area contributed by atoms with Gasteiger partial charge in [-0.3, -0.25) is 9.59 Å². The van der Waals surface area contributed by atoms with Crippen LogP contribution in [-0.2, 0) is 9.59 Å². The van der Waals surface area contributed by atoms with Crippen molar-refractivity contribution >= 4 is 23.2 Å². The fourth-order valence-corrected chi connectivity index (χ4v) is 4.23. The summed E-state index contributed by atoms with van der Waals surface area (Å²) in [5, 5.41) is 0. The molecule has 28 heavy (non-hydrogen) atoms. The number of amides is 2. The number of para-hydroxylation sites is 2. The monoisotopic (exact) mass is 378 g/mol. The Balaban J connectivity index is 1.72. The molecule has 1 saturated carbocycles. The summed E-state index contributed by atoms with van der Waals surface area (Å²) in [6, 6.07) is 19.6. The first-order chi connectivity index (χ1) is 13.7. The lowest BCUT2D eigenvalue weighted by atomic mass is 9.79. The van der Waals surface area contributed by atoms with E-state index in [9.17, 15) is 9.59 Å². The van der Waals surface area contributed by atoms with Crippen molar-refractivity contribution in [2.45, 2.75) is 39.5 Å². The van der Waals surface area contributed by atoms with Crippen LogP contribution in [0.2, 0.25) is 0 Å². The Bertz CT molecular complexity index is 710. The molecule has 2 amide bonds. The fourth-order valence-electron chi connectivity index (χ4n) is 4.23. The van der Waals surface area contributed by atoms with Gasteiger partial charge in [-0.1, -0.05) is 42.8 Å². The molecule has 0 heterocycles. The second-order valence-corrected chi connectivity index (χ2v) is 7.40. The van der Waals surface area contributed by atoms with Crippen LogP contribution in [0.4, 0.5) is 11.4 Å². The fraction of sp³-hybridized carbons (Fsp3) is 0.417.